The van der Waals surface area contributed by atoms with Crippen LogP contribution in [0.3, 0.4) is 0 Å². The first kappa shape index (κ1) is 21.9. The van der Waals surface area contributed by atoms with E-state index in [1.807, 2.05) is 0 Å². The van der Waals surface area contributed by atoms with Crippen LogP contribution in [0.15, 0.2) is 35.8 Å². The third kappa shape index (κ3) is 4.50. The lowest BCUT2D eigenvalue weighted by atomic mass is 9.75. The van der Waals surface area contributed by atoms with Crippen molar-refractivity contribution in [1.29, 1.82) is 0 Å². The topological polar surface area (TPSA) is 120 Å². The number of hydrogen-bond donors (Lipinski definition) is 3. The van der Waals surface area contributed by atoms with Gasteiger partial charge in [-0.3, -0.25) is 24.6 Å². The Morgan fingerprint density at radius 2 is 1.91 bits per heavy atom. The van der Waals surface area contributed by atoms with Crippen molar-refractivity contribution in [2.75, 3.05) is 17.2 Å². The summed E-state index contributed by atoms with van der Waals surface area (Å²) in [7, 11) is 0. The molecule has 1 spiro atoms. The average Bonchev–Trinajstić information content (AvgIpc) is 3.37. The highest BCUT2D eigenvalue weighted by molar-refractivity contribution is 7.13. The molecule has 3 N–H and O–H groups in total. The van der Waals surface area contributed by atoms with Gasteiger partial charge >= 0.3 is 6.03 Å². The van der Waals surface area contributed by atoms with Crippen molar-refractivity contribution in [3.05, 3.63) is 41.4 Å². The molecule has 1 aromatic carbocycles. The Hall–Kier alpha value is -3.27. The Bertz CT molecular complexity index is 1010. The zero-order valence-corrected chi connectivity index (χ0v) is 18.5. The molecule has 10 heteroatoms. The highest BCUT2D eigenvalue weighted by Gasteiger charge is 2.52. The lowest BCUT2D eigenvalue weighted by Gasteiger charge is -2.34. The molecule has 168 valence electrons. The van der Waals surface area contributed by atoms with Gasteiger partial charge < -0.3 is 10.6 Å². The number of carbonyl (C=O) groups excluding carboxylic acids is 4. The van der Waals surface area contributed by atoms with E-state index in [4.69, 9.17) is 0 Å². The van der Waals surface area contributed by atoms with Crippen LogP contribution in [0.1, 0.15) is 49.4 Å². The van der Waals surface area contributed by atoms with E-state index in [0.29, 0.717) is 35.1 Å². The van der Waals surface area contributed by atoms with Crippen LogP contribution in [0.5, 0.6) is 0 Å². The van der Waals surface area contributed by atoms with E-state index < -0.39 is 17.5 Å². The monoisotopic (exact) mass is 455 g/mol. The fourth-order valence-electron chi connectivity index (χ4n) is 4.24. The maximum atomic E-state index is 12.9. The SMILES string of the molecule is CCC1CCC2(CC1)NC(=O)N(CC(=O)Nc1ccc(C(=O)Nc3nccs3)cc1)C2=O. The first-order chi connectivity index (χ1) is 15.4. The number of nitrogens with zero attached hydrogens (tertiary/aromatic N) is 2. The number of amides is 5. The number of rotatable bonds is 6. The Morgan fingerprint density at radius 1 is 1.19 bits per heavy atom. The van der Waals surface area contributed by atoms with Gasteiger partial charge in [0.15, 0.2) is 5.13 Å². The standard InChI is InChI=1S/C22H25N5O4S/c1-2-14-7-9-22(10-8-14)19(30)27(21(31)26-22)13-17(28)24-16-5-3-15(4-6-16)18(29)25-20-23-11-12-32-20/h3-6,11-12,14H,2,7-10,13H2,1H3,(H,24,28)(H,26,31)(H,23,25,29). The summed E-state index contributed by atoms with van der Waals surface area (Å²) in [5.41, 5.74) is 0.0121. The summed E-state index contributed by atoms with van der Waals surface area (Å²) in [6, 6.07) is 5.82. The summed E-state index contributed by atoms with van der Waals surface area (Å²) in [4.78, 5) is 55.1. The highest BCUT2D eigenvalue weighted by atomic mass is 32.1. The van der Waals surface area contributed by atoms with Gasteiger partial charge in [0.05, 0.1) is 0 Å². The van der Waals surface area contributed by atoms with Gasteiger partial charge in [-0.15, -0.1) is 11.3 Å². The summed E-state index contributed by atoms with van der Waals surface area (Å²) in [5.74, 6) is -0.524. The average molecular weight is 456 g/mol. The minimum Gasteiger partial charge on any atom is -0.325 e. The highest BCUT2D eigenvalue weighted by Crippen LogP contribution is 2.37. The summed E-state index contributed by atoms with van der Waals surface area (Å²) >= 11 is 1.32. The quantitative estimate of drug-likeness (QED) is 0.578. The van der Waals surface area contributed by atoms with Gasteiger partial charge in [-0.2, -0.15) is 0 Å². The zero-order valence-electron chi connectivity index (χ0n) is 17.7. The molecular formula is C22H25N5O4S. The normalized spacial score (nSPS) is 22.7. The van der Waals surface area contributed by atoms with Crippen molar-refractivity contribution in [3.8, 4) is 0 Å². The molecule has 2 aliphatic rings. The molecule has 1 aliphatic carbocycles. The molecule has 1 aliphatic heterocycles. The van der Waals surface area contributed by atoms with E-state index in [2.05, 4.69) is 27.9 Å². The van der Waals surface area contributed by atoms with Crippen molar-refractivity contribution in [2.45, 2.75) is 44.6 Å². The van der Waals surface area contributed by atoms with Crippen LogP contribution in [-0.2, 0) is 9.59 Å². The predicted octanol–water partition coefficient (Wildman–Crippen LogP) is 3.22. The summed E-state index contributed by atoms with van der Waals surface area (Å²) in [5, 5.41) is 10.5. The fraction of sp³-hybridized carbons (Fsp3) is 0.409. The van der Waals surface area contributed by atoms with Gasteiger partial charge in [0.1, 0.15) is 12.1 Å². The number of urea groups is 1. The minimum absolute atomic E-state index is 0.305. The first-order valence-corrected chi connectivity index (χ1v) is 11.5. The number of imide groups is 1. The second kappa shape index (κ2) is 9.07. The van der Waals surface area contributed by atoms with Crippen LogP contribution >= 0.6 is 11.3 Å². The number of aromatic nitrogens is 1. The predicted molar refractivity (Wildman–Crippen MR) is 120 cm³/mol. The third-order valence-electron chi connectivity index (χ3n) is 6.17. The van der Waals surface area contributed by atoms with Gasteiger partial charge in [-0.25, -0.2) is 9.78 Å². The minimum atomic E-state index is -0.866. The molecule has 4 rings (SSSR count). The van der Waals surface area contributed by atoms with Gasteiger partial charge in [-0.1, -0.05) is 13.3 Å². The Balaban J connectivity index is 1.33. The van der Waals surface area contributed by atoms with Gasteiger partial charge in [0.2, 0.25) is 5.91 Å². The number of anilines is 2. The van der Waals surface area contributed by atoms with Gasteiger partial charge in [0, 0.05) is 22.8 Å². The van der Waals surface area contributed by atoms with Crippen LogP contribution in [-0.4, -0.2) is 45.7 Å². The van der Waals surface area contributed by atoms with E-state index in [1.165, 1.54) is 11.3 Å². The number of nitrogens with one attached hydrogen (secondary N) is 3. The molecule has 32 heavy (non-hydrogen) atoms. The Kier molecular flexibility index (Phi) is 6.22. The molecule has 9 nitrogen and oxygen atoms in total. The fourth-order valence-corrected chi connectivity index (χ4v) is 4.76. The first-order valence-electron chi connectivity index (χ1n) is 10.6. The van der Waals surface area contributed by atoms with E-state index in [-0.39, 0.29) is 18.4 Å². The second-order valence-electron chi connectivity index (χ2n) is 8.17. The molecule has 0 atom stereocenters. The molecule has 5 amide bonds. The van der Waals surface area contributed by atoms with E-state index in [1.54, 1.807) is 35.8 Å². The van der Waals surface area contributed by atoms with Crippen molar-refractivity contribution in [2.24, 2.45) is 5.92 Å². The smallest absolute Gasteiger partial charge is 0.325 e. The van der Waals surface area contributed by atoms with Crippen molar-refractivity contribution < 1.29 is 19.2 Å². The second-order valence-corrected chi connectivity index (χ2v) is 9.07. The maximum Gasteiger partial charge on any atom is 0.325 e. The summed E-state index contributed by atoms with van der Waals surface area (Å²) < 4.78 is 0. The zero-order chi connectivity index (χ0) is 22.7. The lowest BCUT2D eigenvalue weighted by molar-refractivity contribution is -0.135. The van der Waals surface area contributed by atoms with Gasteiger partial charge in [0.25, 0.3) is 11.8 Å². The molecule has 1 saturated heterocycles. The number of hydrogen-bond acceptors (Lipinski definition) is 6. The van der Waals surface area contributed by atoms with Crippen molar-refractivity contribution in [1.82, 2.24) is 15.2 Å². The molecule has 1 saturated carbocycles. The molecule has 0 unspecified atom stereocenters. The summed E-state index contributed by atoms with van der Waals surface area (Å²) in [6.07, 6.45) is 5.67. The number of benzene rings is 1. The molecule has 0 radical (unpaired) electrons. The molecular weight excluding hydrogens is 430 g/mol. The van der Waals surface area contributed by atoms with E-state index in [0.717, 1.165) is 24.2 Å². The summed E-state index contributed by atoms with van der Waals surface area (Å²) in [6.45, 7) is 1.78. The van der Waals surface area contributed by atoms with Crippen LogP contribution in [0.25, 0.3) is 0 Å². The molecule has 0 bridgehead atoms. The molecule has 1 aromatic heterocycles. The molecule has 2 aromatic rings. The van der Waals surface area contributed by atoms with Crippen LogP contribution in [0, 0.1) is 5.92 Å². The lowest BCUT2D eigenvalue weighted by Crippen LogP contribution is -2.49. The van der Waals surface area contributed by atoms with Crippen LogP contribution in [0.4, 0.5) is 15.6 Å². The largest absolute Gasteiger partial charge is 0.325 e. The number of carbonyl (C=O) groups is 4. The third-order valence-corrected chi connectivity index (χ3v) is 6.86. The van der Waals surface area contributed by atoms with Gasteiger partial charge in [-0.05, 0) is 55.9 Å². The van der Waals surface area contributed by atoms with Crippen LogP contribution in [0.2, 0.25) is 0 Å². The molecule has 2 heterocycles. The maximum absolute atomic E-state index is 12.9. The number of thiazole rings is 1. The Labute approximate surface area is 189 Å². The van der Waals surface area contributed by atoms with Crippen LogP contribution < -0.4 is 16.0 Å². The van der Waals surface area contributed by atoms with Crippen molar-refractivity contribution >= 4 is 45.9 Å². The van der Waals surface area contributed by atoms with E-state index >= 15 is 0 Å². The Morgan fingerprint density at radius 3 is 2.53 bits per heavy atom. The van der Waals surface area contributed by atoms with Crippen molar-refractivity contribution in [3.63, 3.8) is 0 Å². The van der Waals surface area contributed by atoms with E-state index in [9.17, 15) is 19.2 Å². The molecule has 2 fully saturated rings.